The molecule has 15 heavy (non-hydrogen) atoms. The normalized spacial score (nSPS) is 18.3. The number of rotatable bonds is 3. The molecule has 0 saturated heterocycles. The Balaban J connectivity index is 2.32. The van der Waals surface area contributed by atoms with Gasteiger partial charge in [-0.1, -0.05) is 40.5 Å². The molecule has 0 bridgehead atoms. The van der Waals surface area contributed by atoms with Gasteiger partial charge in [0, 0.05) is 10.0 Å². The van der Waals surface area contributed by atoms with Crippen LogP contribution in [0, 0.1) is 5.41 Å². The standard InChI is InChI=1S/C12H13BrO2/c13-10-5-2-1-4-9(10)11(15)12(8-14)6-3-7-12/h1-2,4-5,14H,3,6-8H2. The third-order valence-corrected chi connectivity index (χ3v) is 3.90. The molecule has 1 saturated carbocycles. The minimum absolute atomic E-state index is 0.0346. The Labute approximate surface area is 97.4 Å². The summed E-state index contributed by atoms with van der Waals surface area (Å²) in [5, 5.41) is 9.32. The van der Waals surface area contributed by atoms with Gasteiger partial charge >= 0.3 is 0 Å². The van der Waals surface area contributed by atoms with Crippen LogP contribution in [0.15, 0.2) is 28.7 Å². The summed E-state index contributed by atoms with van der Waals surface area (Å²) < 4.78 is 0.815. The Morgan fingerprint density at radius 2 is 2.07 bits per heavy atom. The molecule has 0 radical (unpaired) electrons. The van der Waals surface area contributed by atoms with Crippen molar-refractivity contribution in [1.82, 2.24) is 0 Å². The Kier molecular flexibility index (Phi) is 2.94. The van der Waals surface area contributed by atoms with Crippen molar-refractivity contribution in [3.05, 3.63) is 34.3 Å². The lowest BCUT2D eigenvalue weighted by Gasteiger charge is -2.38. The molecule has 2 rings (SSSR count). The topological polar surface area (TPSA) is 37.3 Å². The number of Topliss-reactive ketones (excluding diaryl/α,β-unsaturated/α-hetero) is 1. The molecule has 1 fully saturated rings. The number of carbonyl (C=O) groups is 1. The molecular formula is C12H13BrO2. The first-order valence-corrected chi connectivity index (χ1v) is 5.89. The minimum Gasteiger partial charge on any atom is -0.395 e. The van der Waals surface area contributed by atoms with E-state index in [2.05, 4.69) is 15.9 Å². The molecule has 0 heterocycles. The maximum absolute atomic E-state index is 12.2. The molecule has 0 aliphatic heterocycles. The number of aliphatic hydroxyl groups is 1. The highest BCUT2D eigenvalue weighted by Gasteiger charge is 2.44. The van der Waals surface area contributed by atoms with Gasteiger partial charge in [0.1, 0.15) is 0 Å². The van der Waals surface area contributed by atoms with E-state index in [9.17, 15) is 9.90 Å². The SMILES string of the molecule is O=C(c1ccccc1Br)C1(CO)CCC1. The van der Waals surface area contributed by atoms with Gasteiger partial charge in [0.25, 0.3) is 0 Å². The minimum atomic E-state index is -0.496. The van der Waals surface area contributed by atoms with Crippen molar-refractivity contribution in [3.63, 3.8) is 0 Å². The summed E-state index contributed by atoms with van der Waals surface area (Å²) >= 11 is 3.37. The van der Waals surface area contributed by atoms with Crippen LogP contribution in [0.2, 0.25) is 0 Å². The van der Waals surface area contributed by atoms with Crippen molar-refractivity contribution in [3.8, 4) is 0 Å². The zero-order valence-corrected chi connectivity index (χ0v) is 9.96. The Morgan fingerprint density at radius 1 is 1.40 bits per heavy atom. The zero-order valence-electron chi connectivity index (χ0n) is 8.37. The summed E-state index contributed by atoms with van der Waals surface area (Å²) in [5.74, 6) is 0.0729. The van der Waals surface area contributed by atoms with E-state index in [-0.39, 0.29) is 12.4 Å². The van der Waals surface area contributed by atoms with Crippen LogP contribution < -0.4 is 0 Å². The molecule has 0 spiro atoms. The average molecular weight is 269 g/mol. The van der Waals surface area contributed by atoms with Crippen molar-refractivity contribution >= 4 is 21.7 Å². The van der Waals surface area contributed by atoms with Crippen LogP contribution in [-0.4, -0.2) is 17.5 Å². The zero-order chi connectivity index (χ0) is 10.9. The van der Waals surface area contributed by atoms with Crippen LogP contribution in [0.5, 0.6) is 0 Å². The summed E-state index contributed by atoms with van der Waals surface area (Å²) in [7, 11) is 0. The van der Waals surface area contributed by atoms with Crippen LogP contribution in [0.1, 0.15) is 29.6 Å². The molecule has 1 aromatic carbocycles. The fraction of sp³-hybridized carbons (Fsp3) is 0.417. The predicted molar refractivity (Wildman–Crippen MR) is 61.8 cm³/mol. The van der Waals surface area contributed by atoms with Crippen molar-refractivity contribution in [1.29, 1.82) is 0 Å². The van der Waals surface area contributed by atoms with E-state index in [4.69, 9.17) is 0 Å². The van der Waals surface area contributed by atoms with Crippen LogP contribution in [0.25, 0.3) is 0 Å². The van der Waals surface area contributed by atoms with Crippen molar-refractivity contribution in [2.75, 3.05) is 6.61 Å². The van der Waals surface area contributed by atoms with E-state index in [1.54, 1.807) is 0 Å². The number of hydrogen-bond donors (Lipinski definition) is 1. The highest BCUT2D eigenvalue weighted by molar-refractivity contribution is 9.10. The lowest BCUT2D eigenvalue weighted by Crippen LogP contribution is -2.41. The van der Waals surface area contributed by atoms with Crippen molar-refractivity contribution in [2.45, 2.75) is 19.3 Å². The summed E-state index contributed by atoms with van der Waals surface area (Å²) in [6, 6.07) is 7.40. The molecule has 1 aromatic rings. The maximum atomic E-state index is 12.2. The summed E-state index contributed by atoms with van der Waals surface area (Å²) in [6.07, 6.45) is 2.66. The van der Waals surface area contributed by atoms with E-state index in [1.165, 1.54) is 0 Å². The molecule has 0 aromatic heterocycles. The number of benzene rings is 1. The number of hydrogen-bond acceptors (Lipinski definition) is 2. The van der Waals surface area contributed by atoms with Gasteiger partial charge < -0.3 is 5.11 Å². The molecule has 80 valence electrons. The molecule has 0 atom stereocenters. The lowest BCUT2D eigenvalue weighted by molar-refractivity contribution is 0.0347. The first-order chi connectivity index (χ1) is 7.19. The number of carbonyl (C=O) groups excluding carboxylic acids is 1. The highest BCUT2D eigenvalue weighted by Crippen LogP contribution is 2.43. The molecule has 1 aliphatic carbocycles. The molecule has 0 unspecified atom stereocenters. The van der Waals surface area contributed by atoms with Crippen LogP contribution in [0.3, 0.4) is 0 Å². The van der Waals surface area contributed by atoms with E-state index >= 15 is 0 Å². The Morgan fingerprint density at radius 3 is 2.53 bits per heavy atom. The van der Waals surface area contributed by atoms with Gasteiger partial charge in [0.2, 0.25) is 0 Å². The first kappa shape index (κ1) is 10.8. The van der Waals surface area contributed by atoms with Gasteiger partial charge in [-0.3, -0.25) is 4.79 Å². The Bertz CT molecular complexity index is 377. The predicted octanol–water partition coefficient (Wildman–Crippen LogP) is 2.79. The smallest absolute Gasteiger partial charge is 0.172 e. The molecular weight excluding hydrogens is 256 g/mol. The second kappa shape index (κ2) is 4.06. The number of aliphatic hydroxyl groups excluding tert-OH is 1. The molecule has 0 amide bonds. The fourth-order valence-electron chi connectivity index (χ4n) is 1.99. The second-order valence-corrected chi connectivity index (χ2v) is 4.96. The lowest BCUT2D eigenvalue weighted by atomic mass is 9.65. The average Bonchev–Trinajstić information content (AvgIpc) is 2.17. The fourth-order valence-corrected chi connectivity index (χ4v) is 2.46. The number of halogens is 1. The van der Waals surface area contributed by atoms with Crippen molar-refractivity contribution < 1.29 is 9.90 Å². The largest absolute Gasteiger partial charge is 0.395 e. The highest BCUT2D eigenvalue weighted by atomic mass is 79.9. The molecule has 1 N–H and O–H groups in total. The van der Waals surface area contributed by atoms with Crippen LogP contribution in [0.4, 0.5) is 0 Å². The second-order valence-electron chi connectivity index (χ2n) is 4.10. The first-order valence-electron chi connectivity index (χ1n) is 5.10. The van der Waals surface area contributed by atoms with Gasteiger partial charge in [-0.05, 0) is 18.9 Å². The van der Waals surface area contributed by atoms with Gasteiger partial charge in [-0.25, -0.2) is 0 Å². The van der Waals surface area contributed by atoms with Gasteiger partial charge in [0.05, 0.1) is 12.0 Å². The molecule has 2 nitrogen and oxygen atoms in total. The van der Waals surface area contributed by atoms with E-state index < -0.39 is 5.41 Å². The Hall–Kier alpha value is -0.670. The summed E-state index contributed by atoms with van der Waals surface area (Å²) in [4.78, 5) is 12.2. The number of ketones is 1. The molecule has 3 heteroatoms. The maximum Gasteiger partial charge on any atom is 0.172 e. The monoisotopic (exact) mass is 268 g/mol. The van der Waals surface area contributed by atoms with E-state index in [0.717, 1.165) is 23.7 Å². The summed E-state index contributed by atoms with van der Waals surface area (Å²) in [6.45, 7) is -0.0346. The van der Waals surface area contributed by atoms with Crippen molar-refractivity contribution in [2.24, 2.45) is 5.41 Å². The van der Waals surface area contributed by atoms with Crippen LogP contribution >= 0.6 is 15.9 Å². The van der Waals surface area contributed by atoms with Gasteiger partial charge in [-0.2, -0.15) is 0 Å². The third kappa shape index (κ3) is 1.74. The third-order valence-electron chi connectivity index (χ3n) is 3.21. The van der Waals surface area contributed by atoms with E-state index in [0.29, 0.717) is 5.56 Å². The van der Waals surface area contributed by atoms with Crippen LogP contribution in [-0.2, 0) is 0 Å². The quantitative estimate of drug-likeness (QED) is 0.857. The summed E-state index contributed by atoms with van der Waals surface area (Å²) in [5.41, 5.74) is 0.190. The van der Waals surface area contributed by atoms with Gasteiger partial charge in [-0.15, -0.1) is 0 Å². The molecule has 1 aliphatic rings. The van der Waals surface area contributed by atoms with E-state index in [1.807, 2.05) is 24.3 Å². The van der Waals surface area contributed by atoms with Gasteiger partial charge in [0.15, 0.2) is 5.78 Å².